The highest BCUT2D eigenvalue weighted by atomic mass is 19.4. The first-order valence-electron chi connectivity index (χ1n) is 6.69. The minimum atomic E-state index is -4.29. The molecule has 0 amide bonds. The minimum absolute atomic E-state index is 0.144. The highest BCUT2D eigenvalue weighted by Gasteiger charge is 2.37. The van der Waals surface area contributed by atoms with E-state index in [1.807, 2.05) is 0 Å². The Bertz CT molecular complexity index is 450. The van der Waals surface area contributed by atoms with Crippen molar-refractivity contribution in [2.75, 3.05) is 25.0 Å². The third-order valence-corrected chi connectivity index (χ3v) is 4.23. The molecule has 0 aromatic heterocycles. The number of hydrogen-bond acceptors (Lipinski definition) is 2. The topological polar surface area (TPSA) is 15.3 Å². The number of hydrogen-bond donors (Lipinski definition) is 1. The fraction of sp³-hybridized carbons (Fsp3) is 0.571. The van der Waals surface area contributed by atoms with Crippen molar-refractivity contribution in [3.63, 3.8) is 0 Å². The molecule has 0 spiro atoms. The Morgan fingerprint density at radius 3 is 2.37 bits per heavy atom. The zero-order chi connectivity index (χ0) is 13.5. The minimum Gasteiger partial charge on any atom is -0.380 e. The molecule has 2 bridgehead atoms. The molecular weight excluding hydrogens is 253 g/mol. The third kappa shape index (κ3) is 2.56. The second kappa shape index (κ2) is 4.71. The van der Waals surface area contributed by atoms with Gasteiger partial charge < -0.3 is 10.2 Å². The molecule has 1 N–H and O–H groups in total. The number of nitrogens with zero attached hydrogens (tertiary/aromatic N) is 1. The predicted molar refractivity (Wildman–Crippen MR) is 68.0 cm³/mol. The van der Waals surface area contributed by atoms with Crippen molar-refractivity contribution in [3.8, 4) is 0 Å². The van der Waals surface area contributed by atoms with Gasteiger partial charge >= 0.3 is 6.18 Å². The zero-order valence-corrected chi connectivity index (χ0v) is 10.6. The lowest BCUT2D eigenvalue weighted by Gasteiger charge is -2.45. The number of benzene rings is 1. The largest absolute Gasteiger partial charge is 0.418 e. The Hall–Kier alpha value is -1.23. The number of nitrogens with one attached hydrogen (secondary N) is 1. The Morgan fingerprint density at radius 1 is 1.11 bits per heavy atom. The molecular formula is C14H17F3N2. The van der Waals surface area contributed by atoms with E-state index in [9.17, 15) is 13.2 Å². The van der Waals surface area contributed by atoms with Gasteiger partial charge in [0, 0.05) is 18.3 Å². The molecule has 4 rings (SSSR count). The molecule has 3 aliphatic rings. The quantitative estimate of drug-likeness (QED) is 0.887. The van der Waals surface area contributed by atoms with E-state index in [0.717, 1.165) is 38.5 Å². The van der Waals surface area contributed by atoms with Crippen molar-refractivity contribution in [2.24, 2.45) is 5.92 Å². The first-order chi connectivity index (χ1) is 9.04. The lowest BCUT2D eigenvalue weighted by molar-refractivity contribution is -0.137. The molecule has 1 aromatic carbocycles. The second-order valence-corrected chi connectivity index (χ2v) is 5.43. The number of alkyl halides is 3. The van der Waals surface area contributed by atoms with E-state index in [-0.39, 0.29) is 11.7 Å². The molecule has 3 heterocycles. The van der Waals surface area contributed by atoms with Gasteiger partial charge in [0.05, 0.1) is 5.56 Å². The summed E-state index contributed by atoms with van der Waals surface area (Å²) in [6, 6.07) is 5.90. The SMILES string of the molecule is FC(F)(F)c1ccccc1NC1CN2CCC1CC2. The summed E-state index contributed by atoms with van der Waals surface area (Å²) in [6.45, 7) is 3.03. The number of piperidine rings is 3. The fourth-order valence-electron chi connectivity index (χ4n) is 3.18. The highest BCUT2D eigenvalue weighted by Crippen LogP contribution is 2.36. The molecule has 0 aliphatic carbocycles. The number of anilines is 1. The van der Waals surface area contributed by atoms with Crippen LogP contribution in [0, 0.1) is 5.92 Å². The van der Waals surface area contributed by atoms with Crippen LogP contribution in [0.2, 0.25) is 0 Å². The lowest BCUT2D eigenvalue weighted by atomic mass is 9.84. The van der Waals surface area contributed by atoms with Crippen molar-refractivity contribution in [1.82, 2.24) is 4.90 Å². The predicted octanol–water partition coefficient (Wildman–Crippen LogP) is 3.21. The summed E-state index contributed by atoms with van der Waals surface area (Å²) in [5, 5.41) is 3.13. The van der Waals surface area contributed by atoms with E-state index in [1.54, 1.807) is 6.07 Å². The molecule has 5 heteroatoms. The summed E-state index contributed by atoms with van der Waals surface area (Å²) < 4.78 is 38.8. The standard InChI is InChI=1S/C14H17F3N2/c15-14(16,17)11-3-1-2-4-12(11)18-13-9-19-7-5-10(13)6-8-19/h1-4,10,13,18H,5-9H2. The van der Waals surface area contributed by atoms with Gasteiger partial charge in [-0.2, -0.15) is 13.2 Å². The van der Waals surface area contributed by atoms with E-state index in [2.05, 4.69) is 10.2 Å². The van der Waals surface area contributed by atoms with Crippen molar-refractivity contribution in [1.29, 1.82) is 0 Å². The first-order valence-corrected chi connectivity index (χ1v) is 6.69. The molecule has 0 radical (unpaired) electrons. The van der Waals surface area contributed by atoms with Crippen molar-refractivity contribution in [3.05, 3.63) is 29.8 Å². The summed E-state index contributed by atoms with van der Waals surface area (Å²) in [5.74, 6) is 0.506. The van der Waals surface area contributed by atoms with Crippen LogP contribution in [0.4, 0.5) is 18.9 Å². The molecule has 19 heavy (non-hydrogen) atoms. The normalized spacial score (nSPS) is 30.4. The van der Waals surface area contributed by atoms with Gasteiger partial charge in [-0.25, -0.2) is 0 Å². The van der Waals surface area contributed by atoms with Crippen LogP contribution in [0.25, 0.3) is 0 Å². The summed E-state index contributed by atoms with van der Waals surface area (Å²) >= 11 is 0. The Morgan fingerprint density at radius 2 is 1.79 bits per heavy atom. The maximum Gasteiger partial charge on any atom is 0.418 e. The molecule has 3 fully saturated rings. The van der Waals surface area contributed by atoms with Crippen molar-refractivity contribution in [2.45, 2.75) is 25.1 Å². The highest BCUT2D eigenvalue weighted by molar-refractivity contribution is 5.53. The van der Waals surface area contributed by atoms with Crippen molar-refractivity contribution >= 4 is 5.69 Å². The van der Waals surface area contributed by atoms with Crippen LogP contribution in [-0.4, -0.2) is 30.6 Å². The fourth-order valence-corrected chi connectivity index (χ4v) is 3.18. The van der Waals surface area contributed by atoms with Crippen LogP contribution >= 0.6 is 0 Å². The van der Waals surface area contributed by atoms with E-state index in [1.165, 1.54) is 12.1 Å². The summed E-state index contributed by atoms with van der Waals surface area (Å²) in [6.07, 6.45) is -2.12. The van der Waals surface area contributed by atoms with Gasteiger partial charge in [-0.3, -0.25) is 0 Å². The smallest absolute Gasteiger partial charge is 0.380 e. The van der Waals surface area contributed by atoms with Crippen LogP contribution in [-0.2, 0) is 6.18 Å². The van der Waals surface area contributed by atoms with Crippen LogP contribution in [0.3, 0.4) is 0 Å². The van der Waals surface area contributed by atoms with E-state index < -0.39 is 11.7 Å². The van der Waals surface area contributed by atoms with Crippen LogP contribution in [0.15, 0.2) is 24.3 Å². The number of rotatable bonds is 2. The first kappa shape index (κ1) is 12.8. The molecule has 1 unspecified atom stereocenters. The average Bonchev–Trinajstić information content (AvgIpc) is 2.39. The van der Waals surface area contributed by atoms with E-state index >= 15 is 0 Å². The van der Waals surface area contributed by atoms with Gasteiger partial charge in [0.1, 0.15) is 0 Å². The molecule has 3 aliphatic heterocycles. The van der Waals surface area contributed by atoms with Crippen molar-refractivity contribution < 1.29 is 13.2 Å². The van der Waals surface area contributed by atoms with Gasteiger partial charge in [0.2, 0.25) is 0 Å². The zero-order valence-electron chi connectivity index (χ0n) is 10.6. The Balaban J connectivity index is 1.80. The molecule has 1 atom stereocenters. The van der Waals surface area contributed by atoms with Gasteiger partial charge in [-0.15, -0.1) is 0 Å². The molecule has 0 saturated carbocycles. The van der Waals surface area contributed by atoms with Crippen LogP contribution in [0.1, 0.15) is 18.4 Å². The van der Waals surface area contributed by atoms with Gasteiger partial charge in [0.25, 0.3) is 0 Å². The van der Waals surface area contributed by atoms with Gasteiger partial charge in [-0.1, -0.05) is 12.1 Å². The molecule has 3 saturated heterocycles. The Labute approximate surface area is 110 Å². The summed E-state index contributed by atoms with van der Waals surface area (Å²) in [5.41, 5.74) is -0.347. The van der Waals surface area contributed by atoms with E-state index in [4.69, 9.17) is 0 Å². The maximum absolute atomic E-state index is 12.9. The molecule has 104 valence electrons. The second-order valence-electron chi connectivity index (χ2n) is 5.43. The molecule has 2 nitrogen and oxygen atoms in total. The number of para-hydroxylation sites is 1. The third-order valence-electron chi connectivity index (χ3n) is 4.23. The summed E-state index contributed by atoms with van der Waals surface area (Å²) in [7, 11) is 0. The molecule has 1 aromatic rings. The Kier molecular flexibility index (Phi) is 3.17. The summed E-state index contributed by atoms with van der Waals surface area (Å²) in [4.78, 5) is 2.33. The number of fused-ring (bicyclic) bond motifs is 3. The number of halogens is 3. The van der Waals surface area contributed by atoms with Crippen LogP contribution in [0.5, 0.6) is 0 Å². The van der Waals surface area contributed by atoms with Gasteiger partial charge in [-0.05, 0) is 44.0 Å². The lowest BCUT2D eigenvalue weighted by Crippen LogP contribution is -2.53. The van der Waals surface area contributed by atoms with Gasteiger partial charge in [0.15, 0.2) is 0 Å². The maximum atomic E-state index is 12.9. The average molecular weight is 270 g/mol. The van der Waals surface area contributed by atoms with Crippen LogP contribution < -0.4 is 5.32 Å². The van der Waals surface area contributed by atoms with E-state index in [0.29, 0.717) is 5.92 Å². The monoisotopic (exact) mass is 270 g/mol.